The van der Waals surface area contributed by atoms with Gasteiger partial charge in [0, 0.05) is 12.6 Å². The summed E-state index contributed by atoms with van der Waals surface area (Å²) in [4.78, 5) is 12.1. The van der Waals surface area contributed by atoms with Gasteiger partial charge in [0.25, 0.3) is 0 Å². The summed E-state index contributed by atoms with van der Waals surface area (Å²) in [5.41, 5.74) is 4.16. The molecule has 0 amide bonds. The average Bonchev–Trinajstić information content (AvgIpc) is 2.74. The van der Waals surface area contributed by atoms with Crippen LogP contribution in [0.2, 0.25) is 0 Å². The average molecular weight is 377 g/mol. The molecule has 28 heavy (non-hydrogen) atoms. The molecule has 1 aliphatic rings. The van der Waals surface area contributed by atoms with Crippen LogP contribution >= 0.6 is 0 Å². The minimum atomic E-state index is -0.312. The predicted octanol–water partition coefficient (Wildman–Crippen LogP) is 5.09. The van der Waals surface area contributed by atoms with E-state index in [1.54, 1.807) is 6.92 Å². The maximum absolute atomic E-state index is 12.1. The molecule has 0 radical (unpaired) electrons. The molecule has 0 heterocycles. The van der Waals surface area contributed by atoms with Crippen LogP contribution in [-0.4, -0.2) is 18.6 Å². The standard InChI is InChI=1S/C23H27N3O2/c1-2-28-23(27)19-12-13-21(26-20-6-4-3-5-7-20)22(14-19)25-16-18-10-8-17(15-24)9-11-18/h8-14,20,25-26H,2-7,16H2,1H3. The van der Waals surface area contributed by atoms with Gasteiger partial charge in [0.2, 0.25) is 0 Å². The highest BCUT2D eigenvalue weighted by Crippen LogP contribution is 2.28. The Kier molecular flexibility index (Phi) is 6.91. The van der Waals surface area contributed by atoms with Crippen LogP contribution in [-0.2, 0) is 11.3 Å². The molecule has 1 aliphatic carbocycles. The number of esters is 1. The Morgan fingerprint density at radius 3 is 2.54 bits per heavy atom. The Morgan fingerprint density at radius 1 is 1.11 bits per heavy atom. The van der Waals surface area contributed by atoms with Crippen molar-refractivity contribution in [3.05, 3.63) is 59.2 Å². The van der Waals surface area contributed by atoms with E-state index in [1.165, 1.54) is 32.1 Å². The van der Waals surface area contributed by atoms with Crippen LogP contribution in [0, 0.1) is 11.3 Å². The molecule has 0 spiro atoms. The fourth-order valence-corrected chi connectivity index (χ4v) is 3.52. The molecule has 146 valence electrons. The van der Waals surface area contributed by atoms with Crippen molar-refractivity contribution in [3.8, 4) is 6.07 Å². The van der Waals surface area contributed by atoms with Gasteiger partial charge in [-0.05, 0) is 55.7 Å². The van der Waals surface area contributed by atoms with E-state index in [1.807, 2.05) is 42.5 Å². The van der Waals surface area contributed by atoms with Gasteiger partial charge in [0.05, 0.1) is 35.2 Å². The van der Waals surface area contributed by atoms with Crippen LogP contribution in [0.1, 0.15) is 60.5 Å². The SMILES string of the molecule is CCOC(=O)c1ccc(NC2CCCCC2)c(NCc2ccc(C#N)cc2)c1. The Bertz CT molecular complexity index is 834. The normalized spacial score (nSPS) is 14.1. The predicted molar refractivity (Wildman–Crippen MR) is 111 cm³/mol. The monoisotopic (exact) mass is 377 g/mol. The van der Waals surface area contributed by atoms with E-state index in [4.69, 9.17) is 10.00 Å². The lowest BCUT2D eigenvalue weighted by molar-refractivity contribution is 0.0526. The smallest absolute Gasteiger partial charge is 0.338 e. The van der Waals surface area contributed by atoms with Crippen molar-refractivity contribution in [1.29, 1.82) is 5.26 Å². The first-order valence-electron chi connectivity index (χ1n) is 10.00. The quantitative estimate of drug-likeness (QED) is 0.657. The first-order chi connectivity index (χ1) is 13.7. The van der Waals surface area contributed by atoms with Crippen LogP contribution in [0.25, 0.3) is 0 Å². The molecule has 3 rings (SSSR count). The number of nitriles is 1. The van der Waals surface area contributed by atoms with E-state index in [0.717, 1.165) is 16.9 Å². The Hall–Kier alpha value is -3.00. The summed E-state index contributed by atoms with van der Waals surface area (Å²) in [6.45, 7) is 2.77. The first kappa shape index (κ1) is 19.8. The number of rotatable bonds is 7. The number of nitrogens with zero attached hydrogens (tertiary/aromatic N) is 1. The zero-order valence-corrected chi connectivity index (χ0v) is 16.3. The fraction of sp³-hybridized carbons (Fsp3) is 0.391. The van der Waals surface area contributed by atoms with Gasteiger partial charge in [-0.25, -0.2) is 4.79 Å². The molecule has 2 aromatic carbocycles. The van der Waals surface area contributed by atoms with Gasteiger partial charge in [0.15, 0.2) is 0 Å². The highest BCUT2D eigenvalue weighted by Gasteiger charge is 2.16. The second kappa shape index (κ2) is 9.80. The van der Waals surface area contributed by atoms with Gasteiger partial charge in [0.1, 0.15) is 0 Å². The molecule has 0 aliphatic heterocycles. The number of anilines is 2. The summed E-state index contributed by atoms with van der Waals surface area (Å²) < 4.78 is 5.14. The third kappa shape index (κ3) is 5.26. The zero-order valence-electron chi connectivity index (χ0n) is 16.3. The Balaban J connectivity index is 1.77. The summed E-state index contributed by atoms with van der Waals surface area (Å²) in [5, 5.41) is 16.0. The summed E-state index contributed by atoms with van der Waals surface area (Å²) in [6, 6.07) is 15.7. The van der Waals surface area contributed by atoms with Crippen LogP contribution < -0.4 is 10.6 Å². The maximum atomic E-state index is 12.1. The number of ether oxygens (including phenoxy) is 1. The van der Waals surface area contributed by atoms with Gasteiger partial charge < -0.3 is 15.4 Å². The molecule has 0 saturated heterocycles. The molecule has 5 heteroatoms. The van der Waals surface area contributed by atoms with Gasteiger partial charge in [-0.15, -0.1) is 0 Å². The minimum Gasteiger partial charge on any atom is -0.462 e. The number of hydrogen-bond acceptors (Lipinski definition) is 5. The van der Waals surface area contributed by atoms with E-state index in [9.17, 15) is 4.79 Å². The summed E-state index contributed by atoms with van der Waals surface area (Å²) >= 11 is 0. The van der Waals surface area contributed by atoms with Gasteiger partial charge in [-0.1, -0.05) is 31.4 Å². The lowest BCUT2D eigenvalue weighted by atomic mass is 9.95. The Labute approximate surface area is 166 Å². The maximum Gasteiger partial charge on any atom is 0.338 e. The van der Waals surface area contributed by atoms with Gasteiger partial charge in [-0.3, -0.25) is 0 Å². The van der Waals surface area contributed by atoms with E-state index in [-0.39, 0.29) is 5.97 Å². The largest absolute Gasteiger partial charge is 0.462 e. The number of hydrogen-bond donors (Lipinski definition) is 2. The van der Waals surface area contributed by atoms with Crippen LogP contribution in [0.4, 0.5) is 11.4 Å². The van der Waals surface area contributed by atoms with Crippen molar-refractivity contribution >= 4 is 17.3 Å². The number of nitrogens with one attached hydrogen (secondary N) is 2. The van der Waals surface area contributed by atoms with Gasteiger partial charge in [-0.2, -0.15) is 5.26 Å². The molecule has 2 aromatic rings. The summed E-state index contributed by atoms with van der Waals surface area (Å²) in [5.74, 6) is -0.312. The topological polar surface area (TPSA) is 74.2 Å². The molecule has 2 N–H and O–H groups in total. The highest BCUT2D eigenvalue weighted by molar-refractivity contribution is 5.92. The molecule has 0 aromatic heterocycles. The summed E-state index contributed by atoms with van der Waals surface area (Å²) in [7, 11) is 0. The van der Waals surface area contributed by atoms with Crippen molar-refractivity contribution in [1.82, 2.24) is 0 Å². The lowest BCUT2D eigenvalue weighted by Crippen LogP contribution is -2.23. The van der Waals surface area contributed by atoms with Gasteiger partial charge >= 0.3 is 5.97 Å². The van der Waals surface area contributed by atoms with Crippen molar-refractivity contribution in [2.24, 2.45) is 0 Å². The van der Waals surface area contributed by atoms with Crippen molar-refractivity contribution < 1.29 is 9.53 Å². The third-order valence-electron chi connectivity index (χ3n) is 5.06. The van der Waals surface area contributed by atoms with E-state index < -0.39 is 0 Å². The first-order valence-corrected chi connectivity index (χ1v) is 10.00. The second-order valence-electron chi connectivity index (χ2n) is 7.12. The minimum absolute atomic E-state index is 0.312. The molecule has 5 nitrogen and oxygen atoms in total. The number of benzene rings is 2. The molecule has 0 unspecified atom stereocenters. The van der Waals surface area contributed by atoms with Crippen LogP contribution in [0.15, 0.2) is 42.5 Å². The summed E-state index contributed by atoms with van der Waals surface area (Å²) in [6.07, 6.45) is 6.17. The fourth-order valence-electron chi connectivity index (χ4n) is 3.52. The second-order valence-corrected chi connectivity index (χ2v) is 7.12. The molecular weight excluding hydrogens is 350 g/mol. The van der Waals surface area contributed by atoms with Crippen molar-refractivity contribution in [3.63, 3.8) is 0 Å². The van der Waals surface area contributed by atoms with E-state index in [0.29, 0.717) is 30.3 Å². The van der Waals surface area contributed by atoms with Crippen LogP contribution in [0.5, 0.6) is 0 Å². The third-order valence-corrected chi connectivity index (χ3v) is 5.06. The van der Waals surface area contributed by atoms with E-state index >= 15 is 0 Å². The van der Waals surface area contributed by atoms with Crippen molar-refractivity contribution in [2.45, 2.75) is 51.6 Å². The molecule has 0 bridgehead atoms. The lowest BCUT2D eigenvalue weighted by Gasteiger charge is -2.25. The number of carbonyl (C=O) groups is 1. The molecule has 1 fully saturated rings. The molecular formula is C23H27N3O2. The van der Waals surface area contributed by atoms with E-state index in [2.05, 4.69) is 16.7 Å². The highest BCUT2D eigenvalue weighted by atomic mass is 16.5. The Morgan fingerprint density at radius 2 is 1.86 bits per heavy atom. The number of carbonyl (C=O) groups excluding carboxylic acids is 1. The molecule has 1 saturated carbocycles. The van der Waals surface area contributed by atoms with Crippen molar-refractivity contribution in [2.75, 3.05) is 17.2 Å². The zero-order chi connectivity index (χ0) is 19.8. The van der Waals surface area contributed by atoms with Crippen LogP contribution in [0.3, 0.4) is 0 Å². The molecule has 0 atom stereocenters.